The van der Waals surface area contributed by atoms with Crippen molar-refractivity contribution >= 4 is 0 Å². The van der Waals surface area contributed by atoms with Crippen LogP contribution >= 0.6 is 0 Å². The topological polar surface area (TPSA) is 46.2 Å². The predicted octanol–water partition coefficient (Wildman–Crippen LogP) is 1.93. The van der Waals surface area contributed by atoms with Crippen molar-refractivity contribution in [2.75, 3.05) is 6.61 Å². The largest absolute Gasteiger partial charge is 0.394 e. The molecule has 1 rings (SSSR count). The molecule has 3 N–H and O–H groups in total. The third-order valence-electron chi connectivity index (χ3n) is 3.54. The summed E-state index contributed by atoms with van der Waals surface area (Å²) < 4.78 is 0. The average Bonchev–Trinajstić information content (AvgIpc) is 2.38. The number of aliphatic hydroxyl groups is 1. The normalized spacial score (nSPS) is 33.8. The molecule has 0 bridgehead atoms. The van der Waals surface area contributed by atoms with Gasteiger partial charge >= 0.3 is 0 Å². The van der Waals surface area contributed by atoms with Crippen LogP contribution < -0.4 is 5.73 Å². The van der Waals surface area contributed by atoms with Crippen molar-refractivity contribution in [2.45, 2.75) is 39.7 Å². The van der Waals surface area contributed by atoms with E-state index in [0.29, 0.717) is 11.3 Å². The second kappa shape index (κ2) is 4.45. The third-order valence-corrected chi connectivity index (χ3v) is 3.54. The van der Waals surface area contributed by atoms with Crippen LogP contribution in [-0.4, -0.2) is 17.8 Å². The van der Waals surface area contributed by atoms with Gasteiger partial charge in [0.05, 0.1) is 6.61 Å². The Balaban J connectivity index is 2.62. The third kappa shape index (κ3) is 2.58. The van der Waals surface area contributed by atoms with Gasteiger partial charge in [-0.25, -0.2) is 0 Å². The molecule has 0 aromatic carbocycles. The van der Waals surface area contributed by atoms with Crippen molar-refractivity contribution < 1.29 is 5.11 Å². The quantitative estimate of drug-likeness (QED) is 0.679. The molecule has 0 saturated heterocycles. The maximum Gasteiger partial charge on any atom is 0.0618 e. The molecular weight excluding hydrogens is 174 g/mol. The fourth-order valence-electron chi connectivity index (χ4n) is 2.49. The maximum absolute atomic E-state index is 8.83. The van der Waals surface area contributed by atoms with E-state index in [1.165, 1.54) is 12.8 Å². The fourth-order valence-corrected chi connectivity index (χ4v) is 2.49. The SMILES string of the molecule is CC1CCC(C)(C)C1C=CC(N)CO. The van der Waals surface area contributed by atoms with Crippen molar-refractivity contribution in [1.82, 2.24) is 0 Å². The van der Waals surface area contributed by atoms with Gasteiger partial charge in [0.15, 0.2) is 0 Å². The fraction of sp³-hybridized carbons (Fsp3) is 0.833. The van der Waals surface area contributed by atoms with Gasteiger partial charge in [0.1, 0.15) is 0 Å². The van der Waals surface area contributed by atoms with Gasteiger partial charge in [-0.05, 0) is 30.1 Å². The maximum atomic E-state index is 8.83. The second-order valence-electron chi connectivity index (χ2n) is 5.26. The van der Waals surface area contributed by atoms with Crippen molar-refractivity contribution in [3.05, 3.63) is 12.2 Å². The first-order chi connectivity index (χ1) is 6.47. The van der Waals surface area contributed by atoms with E-state index in [2.05, 4.69) is 26.8 Å². The molecule has 0 spiro atoms. The summed E-state index contributed by atoms with van der Waals surface area (Å²) in [6.45, 7) is 6.97. The monoisotopic (exact) mass is 197 g/mol. The summed E-state index contributed by atoms with van der Waals surface area (Å²) >= 11 is 0. The molecule has 0 radical (unpaired) electrons. The summed E-state index contributed by atoms with van der Waals surface area (Å²) in [6.07, 6.45) is 6.75. The van der Waals surface area contributed by atoms with Gasteiger partial charge in [0, 0.05) is 6.04 Å². The minimum Gasteiger partial charge on any atom is -0.394 e. The van der Waals surface area contributed by atoms with Gasteiger partial charge in [-0.3, -0.25) is 0 Å². The van der Waals surface area contributed by atoms with Gasteiger partial charge in [-0.15, -0.1) is 0 Å². The van der Waals surface area contributed by atoms with Crippen LogP contribution in [0.1, 0.15) is 33.6 Å². The number of allylic oxidation sites excluding steroid dienone is 1. The molecule has 0 aromatic rings. The Labute approximate surface area is 87.2 Å². The van der Waals surface area contributed by atoms with Gasteiger partial charge < -0.3 is 10.8 Å². The summed E-state index contributed by atoms with van der Waals surface area (Å²) in [5.74, 6) is 1.35. The zero-order valence-corrected chi connectivity index (χ0v) is 9.53. The Kier molecular flexibility index (Phi) is 3.73. The van der Waals surface area contributed by atoms with E-state index in [-0.39, 0.29) is 12.6 Å². The highest BCUT2D eigenvalue weighted by atomic mass is 16.3. The van der Waals surface area contributed by atoms with Crippen LogP contribution in [0.25, 0.3) is 0 Å². The standard InChI is InChI=1S/C12H23NO/c1-9-6-7-12(2,3)11(9)5-4-10(13)8-14/h4-5,9-11,14H,6-8,13H2,1-3H3. The van der Waals surface area contributed by atoms with E-state index in [9.17, 15) is 0 Å². The van der Waals surface area contributed by atoms with Crippen molar-refractivity contribution in [2.24, 2.45) is 23.0 Å². The van der Waals surface area contributed by atoms with E-state index in [1.54, 1.807) is 0 Å². The highest BCUT2D eigenvalue weighted by Gasteiger charge is 2.37. The van der Waals surface area contributed by atoms with Gasteiger partial charge in [-0.1, -0.05) is 32.9 Å². The number of nitrogens with two attached hydrogens (primary N) is 1. The first-order valence-electron chi connectivity index (χ1n) is 5.52. The van der Waals surface area contributed by atoms with Crippen LogP contribution in [0.4, 0.5) is 0 Å². The molecule has 82 valence electrons. The van der Waals surface area contributed by atoms with Crippen molar-refractivity contribution in [3.8, 4) is 0 Å². The van der Waals surface area contributed by atoms with Crippen molar-refractivity contribution in [1.29, 1.82) is 0 Å². The smallest absolute Gasteiger partial charge is 0.0618 e. The lowest BCUT2D eigenvalue weighted by molar-refractivity contribution is 0.271. The van der Waals surface area contributed by atoms with Crippen LogP contribution in [0.2, 0.25) is 0 Å². The Morgan fingerprint density at radius 3 is 2.64 bits per heavy atom. The molecule has 1 saturated carbocycles. The van der Waals surface area contributed by atoms with E-state index in [0.717, 1.165) is 5.92 Å². The van der Waals surface area contributed by atoms with E-state index >= 15 is 0 Å². The average molecular weight is 197 g/mol. The molecule has 1 fully saturated rings. The Morgan fingerprint density at radius 1 is 1.57 bits per heavy atom. The zero-order valence-electron chi connectivity index (χ0n) is 9.53. The Morgan fingerprint density at radius 2 is 2.21 bits per heavy atom. The molecule has 2 nitrogen and oxygen atoms in total. The summed E-state index contributed by atoms with van der Waals surface area (Å²) in [6, 6.07) is -0.196. The first kappa shape index (κ1) is 11.7. The van der Waals surface area contributed by atoms with E-state index in [1.807, 2.05) is 6.08 Å². The Bertz CT molecular complexity index is 210. The van der Waals surface area contributed by atoms with Crippen molar-refractivity contribution in [3.63, 3.8) is 0 Å². The molecule has 0 heterocycles. The van der Waals surface area contributed by atoms with Gasteiger partial charge in [0.2, 0.25) is 0 Å². The lowest BCUT2D eigenvalue weighted by Crippen LogP contribution is -2.24. The van der Waals surface area contributed by atoms with Crippen LogP contribution in [0.5, 0.6) is 0 Å². The molecule has 3 unspecified atom stereocenters. The second-order valence-corrected chi connectivity index (χ2v) is 5.26. The molecule has 0 amide bonds. The lowest BCUT2D eigenvalue weighted by atomic mass is 9.79. The molecule has 0 aliphatic heterocycles. The minimum atomic E-state index is -0.196. The highest BCUT2D eigenvalue weighted by Crippen LogP contribution is 2.46. The molecule has 1 aliphatic rings. The van der Waals surface area contributed by atoms with Crippen LogP contribution in [0.3, 0.4) is 0 Å². The molecule has 3 atom stereocenters. The minimum absolute atomic E-state index is 0.0397. The molecule has 0 aromatic heterocycles. The summed E-state index contributed by atoms with van der Waals surface area (Å²) in [5.41, 5.74) is 6.04. The number of aliphatic hydroxyl groups excluding tert-OH is 1. The van der Waals surface area contributed by atoms with Crippen LogP contribution in [-0.2, 0) is 0 Å². The number of rotatable bonds is 3. The zero-order chi connectivity index (χ0) is 10.8. The number of hydrogen-bond donors (Lipinski definition) is 2. The molecular formula is C12H23NO. The Hall–Kier alpha value is -0.340. The van der Waals surface area contributed by atoms with E-state index < -0.39 is 0 Å². The lowest BCUT2D eigenvalue weighted by Gasteiger charge is -2.26. The first-order valence-corrected chi connectivity index (χ1v) is 5.52. The number of hydrogen-bond acceptors (Lipinski definition) is 2. The van der Waals surface area contributed by atoms with Gasteiger partial charge in [0.25, 0.3) is 0 Å². The highest BCUT2D eigenvalue weighted by molar-refractivity contribution is 5.04. The predicted molar refractivity (Wildman–Crippen MR) is 59.9 cm³/mol. The van der Waals surface area contributed by atoms with E-state index in [4.69, 9.17) is 10.8 Å². The summed E-state index contributed by atoms with van der Waals surface area (Å²) in [4.78, 5) is 0. The van der Waals surface area contributed by atoms with Gasteiger partial charge in [-0.2, -0.15) is 0 Å². The molecule has 14 heavy (non-hydrogen) atoms. The summed E-state index contributed by atoms with van der Waals surface area (Å²) in [5, 5.41) is 8.83. The van der Waals surface area contributed by atoms with Crippen LogP contribution in [0, 0.1) is 17.3 Å². The van der Waals surface area contributed by atoms with Crippen LogP contribution in [0.15, 0.2) is 12.2 Å². The molecule has 1 aliphatic carbocycles. The molecule has 2 heteroatoms. The summed E-state index contributed by atoms with van der Waals surface area (Å²) in [7, 11) is 0.